The lowest BCUT2D eigenvalue weighted by molar-refractivity contribution is 0.140. The highest BCUT2D eigenvalue weighted by molar-refractivity contribution is 6.30. The Morgan fingerprint density at radius 1 is 1.27 bits per heavy atom. The van der Waals surface area contributed by atoms with Crippen molar-refractivity contribution in [1.29, 1.82) is 0 Å². The van der Waals surface area contributed by atoms with Crippen LogP contribution in [0.2, 0.25) is 5.02 Å². The van der Waals surface area contributed by atoms with Gasteiger partial charge in [0.2, 0.25) is 0 Å². The van der Waals surface area contributed by atoms with Crippen molar-refractivity contribution in [2.45, 2.75) is 6.92 Å². The van der Waals surface area contributed by atoms with Crippen LogP contribution in [0.3, 0.4) is 0 Å². The van der Waals surface area contributed by atoms with Gasteiger partial charge in [0.05, 0.1) is 0 Å². The summed E-state index contributed by atoms with van der Waals surface area (Å²) in [6, 6.07) is 5.47. The van der Waals surface area contributed by atoms with Crippen molar-refractivity contribution < 1.29 is 4.79 Å². The summed E-state index contributed by atoms with van der Waals surface area (Å²) in [5.41, 5.74) is 1.80. The molecule has 0 atom stereocenters. The first kappa shape index (κ1) is 17.1. The number of nitrogens with one attached hydrogen (secondary N) is 1. The summed E-state index contributed by atoms with van der Waals surface area (Å²) in [7, 11) is 4.16. The fourth-order valence-corrected chi connectivity index (χ4v) is 2.70. The summed E-state index contributed by atoms with van der Waals surface area (Å²) in [6.45, 7) is 7.45. The summed E-state index contributed by atoms with van der Waals surface area (Å²) in [5.74, 6) is 0. The number of likely N-dealkylation sites (N-methyl/N-ethyl adjacent to an activating group) is 1. The summed E-state index contributed by atoms with van der Waals surface area (Å²) in [5, 5.41) is 3.66. The number of piperazine rings is 1. The smallest absolute Gasteiger partial charge is 0.321 e. The summed E-state index contributed by atoms with van der Waals surface area (Å²) < 4.78 is 0. The maximum absolute atomic E-state index is 12.3. The second-order valence-electron chi connectivity index (χ2n) is 6.02. The molecule has 2 rings (SSSR count). The Bertz CT molecular complexity index is 513. The molecule has 0 bridgehead atoms. The molecule has 22 heavy (non-hydrogen) atoms. The number of aryl methyl sites for hydroxylation is 1. The molecule has 5 nitrogen and oxygen atoms in total. The first-order valence-corrected chi connectivity index (χ1v) is 8.02. The highest BCUT2D eigenvalue weighted by Gasteiger charge is 2.21. The van der Waals surface area contributed by atoms with Gasteiger partial charge in [0.15, 0.2) is 0 Å². The van der Waals surface area contributed by atoms with Gasteiger partial charge in [-0.05, 0) is 44.8 Å². The van der Waals surface area contributed by atoms with E-state index in [4.69, 9.17) is 11.6 Å². The number of halogens is 1. The summed E-state index contributed by atoms with van der Waals surface area (Å²) in [6.07, 6.45) is 0. The van der Waals surface area contributed by atoms with E-state index in [-0.39, 0.29) is 6.03 Å². The van der Waals surface area contributed by atoms with Crippen LogP contribution in [-0.2, 0) is 0 Å². The lowest BCUT2D eigenvalue weighted by Gasteiger charge is -2.35. The third-order valence-corrected chi connectivity index (χ3v) is 4.19. The van der Waals surface area contributed by atoms with Gasteiger partial charge in [-0.15, -0.1) is 0 Å². The molecule has 1 heterocycles. The SMILES string of the molecule is Cc1cc(Cl)ccc1NC(=O)N1CCN(CCN(C)C)CC1. The third-order valence-electron chi connectivity index (χ3n) is 3.95. The number of carbonyl (C=O) groups excluding carboxylic acids is 1. The first-order chi connectivity index (χ1) is 10.5. The van der Waals surface area contributed by atoms with E-state index in [1.54, 1.807) is 6.07 Å². The Balaban J connectivity index is 1.82. The van der Waals surface area contributed by atoms with E-state index in [9.17, 15) is 4.79 Å². The average Bonchev–Trinajstić information content (AvgIpc) is 2.48. The van der Waals surface area contributed by atoms with Crippen molar-refractivity contribution in [1.82, 2.24) is 14.7 Å². The van der Waals surface area contributed by atoms with Gasteiger partial charge in [-0.1, -0.05) is 11.6 Å². The number of hydrogen-bond acceptors (Lipinski definition) is 3. The number of urea groups is 1. The standard InChI is InChI=1S/C16H25ClN4O/c1-13-12-14(17)4-5-15(13)18-16(22)21-10-8-20(9-11-21)7-6-19(2)3/h4-5,12H,6-11H2,1-3H3,(H,18,22). The number of rotatable bonds is 4. The van der Waals surface area contributed by atoms with Crippen molar-refractivity contribution in [3.05, 3.63) is 28.8 Å². The maximum Gasteiger partial charge on any atom is 0.321 e. The molecule has 0 aromatic heterocycles. The molecule has 1 aromatic carbocycles. The van der Waals surface area contributed by atoms with E-state index >= 15 is 0 Å². The van der Waals surface area contributed by atoms with E-state index in [1.165, 1.54) is 0 Å². The van der Waals surface area contributed by atoms with Gasteiger partial charge in [0.25, 0.3) is 0 Å². The second kappa shape index (κ2) is 7.81. The molecule has 122 valence electrons. The highest BCUT2D eigenvalue weighted by atomic mass is 35.5. The van der Waals surface area contributed by atoms with Gasteiger partial charge < -0.3 is 15.1 Å². The molecule has 0 aliphatic carbocycles. The minimum absolute atomic E-state index is 0.0299. The maximum atomic E-state index is 12.3. The van der Waals surface area contributed by atoms with Gasteiger partial charge in [0, 0.05) is 50.0 Å². The molecule has 1 saturated heterocycles. The third kappa shape index (κ3) is 4.87. The molecule has 0 unspecified atom stereocenters. The van der Waals surface area contributed by atoms with E-state index in [2.05, 4.69) is 29.2 Å². The van der Waals surface area contributed by atoms with Gasteiger partial charge in [-0.3, -0.25) is 4.90 Å². The lowest BCUT2D eigenvalue weighted by Crippen LogP contribution is -2.51. The molecule has 1 N–H and O–H groups in total. The molecule has 0 radical (unpaired) electrons. The number of nitrogens with zero attached hydrogens (tertiary/aromatic N) is 3. The molecular formula is C16H25ClN4O. The van der Waals surface area contributed by atoms with Crippen molar-refractivity contribution in [3.63, 3.8) is 0 Å². The first-order valence-electron chi connectivity index (χ1n) is 7.65. The van der Waals surface area contributed by atoms with Crippen molar-refractivity contribution in [3.8, 4) is 0 Å². The Morgan fingerprint density at radius 2 is 1.95 bits per heavy atom. The second-order valence-corrected chi connectivity index (χ2v) is 6.46. The zero-order valence-electron chi connectivity index (χ0n) is 13.6. The largest absolute Gasteiger partial charge is 0.322 e. The number of amides is 2. The fraction of sp³-hybridized carbons (Fsp3) is 0.562. The summed E-state index contributed by atoms with van der Waals surface area (Å²) >= 11 is 5.94. The molecule has 1 aliphatic heterocycles. The minimum Gasteiger partial charge on any atom is -0.322 e. The number of anilines is 1. The Morgan fingerprint density at radius 3 is 2.55 bits per heavy atom. The molecular weight excluding hydrogens is 300 g/mol. The van der Waals surface area contributed by atoms with E-state index in [1.807, 2.05) is 24.0 Å². The Labute approximate surface area is 137 Å². The Hall–Kier alpha value is -1.30. The van der Waals surface area contributed by atoms with Crippen LogP contribution < -0.4 is 5.32 Å². The van der Waals surface area contributed by atoms with Crippen LogP contribution >= 0.6 is 11.6 Å². The number of carbonyl (C=O) groups is 1. The minimum atomic E-state index is -0.0299. The van der Waals surface area contributed by atoms with Crippen LogP contribution in [0.5, 0.6) is 0 Å². The summed E-state index contributed by atoms with van der Waals surface area (Å²) in [4.78, 5) is 18.8. The number of hydrogen-bond donors (Lipinski definition) is 1. The fourth-order valence-electron chi connectivity index (χ4n) is 2.48. The van der Waals surface area contributed by atoms with Gasteiger partial charge in [0.1, 0.15) is 0 Å². The molecule has 1 aliphatic rings. The van der Waals surface area contributed by atoms with Crippen LogP contribution in [0.1, 0.15) is 5.56 Å². The van der Waals surface area contributed by atoms with E-state index < -0.39 is 0 Å². The highest BCUT2D eigenvalue weighted by Crippen LogP contribution is 2.20. The van der Waals surface area contributed by atoms with Crippen LogP contribution in [0.25, 0.3) is 0 Å². The van der Waals surface area contributed by atoms with Gasteiger partial charge >= 0.3 is 6.03 Å². The van der Waals surface area contributed by atoms with Crippen LogP contribution in [-0.4, -0.2) is 74.1 Å². The molecule has 6 heteroatoms. The molecule has 1 fully saturated rings. The predicted octanol–water partition coefficient (Wildman–Crippen LogP) is 2.36. The average molecular weight is 325 g/mol. The van der Waals surface area contributed by atoms with Crippen LogP contribution in [0.4, 0.5) is 10.5 Å². The quantitative estimate of drug-likeness (QED) is 0.924. The van der Waals surface area contributed by atoms with Crippen molar-refractivity contribution >= 4 is 23.3 Å². The van der Waals surface area contributed by atoms with Crippen molar-refractivity contribution in [2.24, 2.45) is 0 Å². The molecule has 1 aromatic rings. The predicted molar refractivity (Wildman–Crippen MR) is 91.8 cm³/mol. The van der Waals surface area contributed by atoms with Gasteiger partial charge in [-0.2, -0.15) is 0 Å². The van der Waals surface area contributed by atoms with E-state index in [0.29, 0.717) is 5.02 Å². The normalized spacial score (nSPS) is 16.1. The van der Waals surface area contributed by atoms with Gasteiger partial charge in [-0.25, -0.2) is 4.79 Å². The van der Waals surface area contributed by atoms with Crippen molar-refractivity contribution in [2.75, 3.05) is 58.7 Å². The zero-order valence-corrected chi connectivity index (χ0v) is 14.4. The molecule has 0 saturated carbocycles. The topological polar surface area (TPSA) is 38.8 Å². The Kier molecular flexibility index (Phi) is 6.06. The number of benzene rings is 1. The van der Waals surface area contributed by atoms with E-state index in [0.717, 1.165) is 50.5 Å². The van der Waals surface area contributed by atoms with Crippen LogP contribution in [0, 0.1) is 6.92 Å². The molecule has 0 spiro atoms. The molecule has 2 amide bonds. The van der Waals surface area contributed by atoms with Crippen LogP contribution in [0.15, 0.2) is 18.2 Å². The lowest BCUT2D eigenvalue weighted by atomic mass is 10.2. The monoisotopic (exact) mass is 324 g/mol. The zero-order chi connectivity index (χ0) is 16.1.